The summed E-state index contributed by atoms with van der Waals surface area (Å²) in [6.07, 6.45) is 3.32. The number of rotatable bonds is 7. The van der Waals surface area contributed by atoms with Gasteiger partial charge in [0.25, 0.3) is 15.9 Å². The highest BCUT2D eigenvalue weighted by Crippen LogP contribution is 2.21. The number of fused-ring (bicyclic) bond motifs is 1. The number of unbranched alkanes of at least 4 members (excludes halogenated alkanes) is 1. The van der Waals surface area contributed by atoms with Gasteiger partial charge in [-0.1, -0.05) is 54.5 Å². The zero-order valence-corrected chi connectivity index (χ0v) is 21.0. The number of carbonyl (C=O) groups is 1. The second-order valence-electron chi connectivity index (χ2n) is 8.27. The van der Waals surface area contributed by atoms with Crippen LogP contribution in [0.1, 0.15) is 41.3 Å². The van der Waals surface area contributed by atoms with Crippen molar-refractivity contribution in [1.29, 1.82) is 0 Å². The van der Waals surface area contributed by atoms with Gasteiger partial charge in [0.05, 0.1) is 15.1 Å². The van der Waals surface area contributed by atoms with E-state index in [1.54, 1.807) is 42.5 Å². The van der Waals surface area contributed by atoms with Gasteiger partial charge in [-0.05, 0) is 67.8 Å². The average Bonchev–Trinajstić information content (AvgIpc) is 3.12. The van der Waals surface area contributed by atoms with Crippen molar-refractivity contribution in [2.45, 2.75) is 38.0 Å². The summed E-state index contributed by atoms with van der Waals surface area (Å²) in [6, 6.07) is 19.3. The molecule has 0 atom stereocenters. The molecule has 4 rings (SSSR count). The molecule has 1 aromatic heterocycles. The third-order valence-corrected chi connectivity index (χ3v) is 8.07. The van der Waals surface area contributed by atoms with Crippen LogP contribution in [0.2, 0.25) is 0 Å². The van der Waals surface area contributed by atoms with E-state index in [1.165, 1.54) is 23.0 Å². The molecule has 34 heavy (non-hydrogen) atoms. The number of nitrogens with zero attached hydrogens (tertiary/aromatic N) is 2. The number of nitrogens with one attached hydrogen (secondary N) is 1. The van der Waals surface area contributed by atoms with E-state index >= 15 is 0 Å². The van der Waals surface area contributed by atoms with E-state index in [0.717, 1.165) is 35.0 Å². The molecule has 0 saturated heterocycles. The maximum atomic E-state index is 12.9. The maximum absolute atomic E-state index is 12.9. The van der Waals surface area contributed by atoms with E-state index < -0.39 is 15.9 Å². The number of benzene rings is 3. The van der Waals surface area contributed by atoms with E-state index in [2.05, 4.69) is 34.8 Å². The Morgan fingerprint density at radius 2 is 1.82 bits per heavy atom. The first-order chi connectivity index (χ1) is 16.3. The van der Waals surface area contributed by atoms with E-state index in [4.69, 9.17) is 0 Å². The molecule has 1 amide bonds. The summed E-state index contributed by atoms with van der Waals surface area (Å²) in [5.74, 6) is -0.426. The number of aromatic nitrogens is 1. The molecule has 0 aliphatic carbocycles. The predicted molar refractivity (Wildman–Crippen MR) is 138 cm³/mol. The van der Waals surface area contributed by atoms with Crippen molar-refractivity contribution in [3.63, 3.8) is 0 Å². The van der Waals surface area contributed by atoms with Crippen molar-refractivity contribution in [3.8, 4) is 0 Å². The Labute approximate surface area is 203 Å². The Kier molecular flexibility index (Phi) is 7.00. The fourth-order valence-electron chi connectivity index (χ4n) is 3.62. The maximum Gasteiger partial charge on any atom is 0.279 e. The summed E-state index contributed by atoms with van der Waals surface area (Å²) >= 11 is 1.47. The molecule has 0 unspecified atom stereocenters. The average molecular weight is 494 g/mol. The largest absolute Gasteiger partial charge is 0.319 e. The highest BCUT2D eigenvalue weighted by molar-refractivity contribution is 7.92. The Morgan fingerprint density at radius 3 is 2.56 bits per heavy atom. The van der Waals surface area contributed by atoms with Crippen LogP contribution in [-0.4, -0.2) is 18.9 Å². The van der Waals surface area contributed by atoms with Crippen LogP contribution in [0.5, 0.6) is 0 Å². The SMILES string of the molecule is CCCCc1ccc2c(c1)sc(=NC(=O)c1cccc(NS(=O)(=O)c3ccc(C)cc3)c1)n2C. The van der Waals surface area contributed by atoms with Gasteiger partial charge in [-0.2, -0.15) is 4.99 Å². The fraction of sp³-hybridized carbons (Fsp3) is 0.231. The molecule has 0 aliphatic rings. The number of sulfonamides is 1. The number of hydrogen-bond donors (Lipinski definition) is 1. The lowest BCUT2D eigenvalue weighted by Gasteiger charge is -2.09. The summed E-state index contributed by atoms with van der Waals surface area (Å²) in [5, 5.41) is 0. The summed E-state index contributed by atoms with van der Waals surface area (Å²) in [6.45, 7) is 4.07. The topological polar surface area (TPSA) is 80.5 Å². The number of amides is 1. The number of thiazole rings is 1. The summed E-state index contributed by atoms with van der Waals surface area (Å²) < 4.78 is 30.9. The lowest BCUT2D eigenvalue weighted by Crippen LogP contribution is -2.14. The zero-order chi connectivity index (χ0) is 24.3. The molecule has 1 heterocycles. The normalized spacial score (nSPS) is 12.3. The van der Waals surface area contributed by atoms with Crippen LogP contribution in [0.15, 0.2) is 76.6 Å². The number of hydrogen-bond acceptors (Lipinski definition) is 4. The van der Waals surface area contributed by atoms with Crippen molar-refractivity contribution in [3.05, 3.63) is 88.2 Å². The quantitative estimate of drug-likeness (QED) is 0.373. The van der Waals surface area contributed by atoms with Crippen LogP contribution in [-0.2, 0) is 23.5 Å². The van der Waals surface area contributed by atoms with Gasteiger partial charge in [0.2, 0.25) is 0 Å². The van der Waals surface area contributed by atoms with E-state index in [0.29, 0.717) is 16.1 Å². The standard InChI is InChI=1S/C26H27N3O3S2/c1-4-5-7-19-12-15-23-24(16-19)33-26(29(23)3)27-25(30)20-8-6-9-21(17-20)28-34(31,32)22-13-10-18(2)11-14-22/h6,8-17,28H,4-5,7H2,1-3H3. The Bertz CT molecular complexity index is 1520. The molecule has 1 N–H and O–H groups in total. The molecule has 8 heteroatoms. The molecular weight excluding hydrogens is 466 g/mol. The second-order valence-corrected chi connectivity index (χ2v) is 11.0. The molecule has 0 radical (unpaired) electrons. The van der Waals surface area contributed by atoms with Gasteiger partial charge in [-0.3, -0.25) is 9.52 Å². The van der Waals surface area contributed by atoms with Crippen LogP contribution in [0.25, 0.3) is 10.2 Å². The molecule has 0 bridgehead atoms. The van der Waals surface area contributed by atoms with Gasteiger partial charge in [0, 0.05) is 18.3 Å². The molecule has 4 aromatic rings. The Balaban J connectivity index is 1.60. The van der Waals surface area contributed by atoms with Crippen LogP contribution < -0.4 is 9.52 Å². The number of anilines is 1. The van der Waals surface area contributed by atoms with Crippen molar-refractivity contribution < 1.29 is 13.2 Å². The van der Waals surface area contributed by atoms with Crippen molar-refractivity contribution in [2.75, 3.05) is 4.72 Å². The molecule has 0 aliphatic heterocycles. The third-order valence-electron chi connectivity index (χ3n) is 5.58. The second kappa shape index (κ2) is 9.95. The van der Waals surface area contributed by atoms with E-state index in [1.807, 2.05) is 18.5 Å². The van der Waals surface area contributed by atoms with Crippen LogP contribution in [0.3, 0.4) is 0 Å². The van der Waals surface area contributed by atoms with Gasteiger partial charge in [0.1, 0.15) is 0 Å². The molecular formula is C26H27N3O3S2. The van der Waals surface area contributed by atoms with Crippen molar-refractivity contribution in [2.24, 2.45) is 12.0 Å². The van der Waals surface area contributed by atoms with Gasteiger partial charge in [-0.25, -0.2) is 8.42 Å². The van der Waals surface area contributed by atoms with Crippen molar-refractivity contribution in [1.82, 2.24) is 4.57 Å². The lowest BCUT2D eigenvalue weighted by molar-refractivity contribution is 0.0998. The molecule has 0 fully saturated rings. The molecule has 0 saturated carbocycles. The third kappa shape index (κ3) is 5.29. The summed E-state index contributed by atoms with van der Waals surface area (Å²) in [7, 11) is -1.87. The van der Waals surface area contributed by atoms with E-state index in [9.17, 15) is 13.2 Å². The highest BCUT2D eigenvalue weighted by Gasteiger charge is 2.15. The van der Waals surface area contributed by atoms with Crippen LogP contribution in [0.4, 0.5) is 5.69 Å². The van der Waals surface area contributed by atoms with E-state index in [-0.39, 0.29) is 4.90 Å². The first kappa shape index (κ1) is 23.9. The van der Waals surface area contributed by atoms with Crippen molar-refractivity contribution >= 4 is 43.2 Å². The first-order valence-corrected chi connectivity index (χ1v) is 13.4. The number of carbonyl (C=O) groups excluding carboxylic acids is 1. The Hall–Kier alpha value is -3.23. The predicted octanol–water partition coefficient (Wildman–Crippen LogP) is 5.43. The monoisotopic (exact) mass is 493 g/mol. The smallest absolute Gasteiger partial charge is 0.279 e. The van der Waals surface area contributed by atoms with Gasteiger partial charge >= 0.3 is 0 Å². The zero-order valence-electron chi connectivity index (χ0n) is 19.4. The highest BCUT2D eigenvalue weighted by atomic mass is 32.2. The lowest BCUT2D eigenvalue weighted by atomic mass is 10.1. The fourth-order valence-corrected chi connectivity index (χ4v) is 5.75. The Morgan fingerprint density at radius 1 is 1.06 bits per heavy atom. The van der Waals surface area contributed by atoms with Crippen LogP contribution >= 0.6 is 11.3 Å². The molecule has 6 nitrogen and oxygen atoms in total. The first-order valence-electron chi connectivity index (χ1n) is 11.1. The van der Waals surface area contributed by atoms with Gasteiger partial charge < -0.3 is 4.57 Å². The van der Waals surface area contributed by atoms with Crippen LogP contribution in [0, 0.1) is 6.92 Å². The number of aryl methyl sites for hydroxylation is 3. The minimum Gasteiger partial charge on any atom is -0.319 e. The molecule has 176 valence electrons. The minimum absolute atomic E-state index is 0.162. The molecule has 0 spiro atoms. The van der Waals surface area contributed by atoms with Gasteiger partial charge in [-0.15, -0.1) is 0 Å². The van der Waals surface area contributed by atoms with Gasteiger partial charge in [0.15, 0.2) is 4.80 Å². The minimum atomic E-state index is -3.76. The summed E-state index contributed by atoms with van der Waals surface area (Å²) in [5.41, 5.74) is 3.90. The summed E-state index contributed by atoms with van der Waals surface area (Å²) in [4.78, 5) is 18.0. The molecule has 3 aromatic carbocycles.